The zero-order chi connectivity index (χ0) is 14.7. The summed E-state index contributed by atoms with van der Waals surface area (Å²) < 4.78 is 7.50. The molecule has 0 unspecified atom stereocenters. The van der Waals surface area contributed by atoms with Crippen LogP contribution in [0.2, 0.25) is 0 Å². The molecule has 0 amide bonds. The number of hydrogen-bond acceptors (Lipinski definition) is 6. The molecule has 0 radical (unpaired) electrons. The third kappa shape index (κ3) is 3.28. The number of carboxylic acid groups (broad SMARTS) is 1. The van der Waals surface area contributed by atoms with Crippen LogP contribution >= 0.6 is 23.1 Å². The molecule has 0 atom stereocenters. The number of carbonyl (C=O) groups is 1. The van der Waals surface area contributed by atoms with Crippen molar-refractivity contribution in [2.24, 2.45) is 0 Å². The van der Waals surface area contributed by atoms with Gasteiger partial charge in [-0.2, -0.15) is 0 Å². The van der Waals surface area contributed by atoms with E-state index in [1.165, 1.54) is 11.8 Å². The maximum Gasteiger partial charge on any atom is 0.313 e. The smallest absolute Gasteiger partial charge is 0.313 e. The van der Waals surface area contributed by atoms with Gasteiger partial charge in [0.2, 0.25) is 0 Å². The van der Waals surface area contributed by atoms with Crippen LogP contribution in [0.4, 0.5) is 0 Å². The molecule has 112 valence electrons. The Morgan fingerprint density at radius 1 is 1.48 bits per heavy atom. The second kappa shape index (κ2) is 6.59. The lowest BCUT2D eigenvalue weighted by molar-refractivity contribution is -0.133. The second-order valence-corrected chi connectivity index (χ2v) is 6.57. The zero-order valence-electron chi connectivity index (χ0n) is 11.3. The van der Waals surface area contributed by atoms with Crippen LogP contribution in [0.25, 0.3) is 10.7 Å². The minimum Gasteiger partial charge on any atom is -0.481 e. The first-order chi connectivity index (χ1) is 10.3. The summed E-state index contributed by atoms with van der Waals surface area (Å²) >= 11 is 2.83. The summed E-state index contributed by atoms with van der Waals surface area (Å²) in [6.45, 7) is 1.44. The van der Waals surface area contributed by atoms with Crippen molar-refractivity contribution in [3.63, 3.8) is 0 Å². The largest absolute Gasteiger partial charge is 0.481 e. The Kier molecular flexibility index (Phi) is 4.57. The van der Waals surface area contributed by atoms with Crippen molar-refractivity contribution in [3.05, 3.63) is 17.5 Å². The number of ether oxygens (including phenoxy) is 1. The lowest BCUT2D eigenvalue weighted by Gasteiger charge is -2.25. The number of thioether (sulfide) groups is 1. The number of carboxylic acids is 1. The lowest BCUT2D eigenvalue weighted by atomic mass is 10.1. The Labute approximate surface area is 130 Å². The molecule has 0 saturated carbocycles. The fourth-order valence-corrected chi connectivity index (χ4v) is 3.78. The first-order valence-electron chi connectivity index (χ1n) is 6.67. The van der Waals surface area contributed by atoms with Crippen LogP contribution in [0, 0.1) is 0 Å². The fraction of sp³-hybridized carbons (Fsp3) is 0.462. The Balaban J connectivity index is 1.94. The molecule has 2 aromatic heterocycles. The summed E-state index contributed by atoms with van der Waals surface area (Å²) in [6.07, 6.45) is 1.80. The van der Waals surface area contributed by atoms with E-state index < -0.39 is 5.97 Å². The Morgan fingerprint density at radius 2 is 2.29 bits per heavy atom. The van der Waals surface area contributed by atoms with E-state index in [2.05, 4.69) is 14.8 Å². The Hall–Kier alpha value is -1.38. The summed E-state index contributed by atoms with van der Waals surface area (Å²) in [5.74, 6) is -0.0322. The number of thiophene rings is 1. The molecule has 0 aromatic carbocycles. The average Bonchev–Trinajstić information content (AvgIpc) is 3.15. The molecule has 0 bridgehead atoms. The monoisotopic (exact) mass is 325 g/mol. The van der Waals surface area contributed by atoms with Crippen LogP contribution in [0.15, 0.2) is 22.7 Å². The van der Waals surface area contributed by atoms with Gasteiger partial charge in [0.1, 0.15) is 0 Å². The van der Waals surface area contributed by atoms with Gasteiger partial charge in [0, 0.05) is 19.3 Å². The van der Waals surface area contributed by atoms with Gasteiger partial charge in [-0.25, -0.2) is 0 Å². The molecular weight excluding hydrogens is 310 g/mol. The molecule has 3 heterocycles. The van der Waals surface area contributed by atoms with Gasteiger partial charge in [-0.05, 0) is 24.3 Å². The standard InChI is InChI=1S/C13H15N3O3S2/c17-11(18)8-21-13-15-14-12(10-2-1-7-20-10)16(13)9-3-5-19-6-4-9/h1-2,7,9H,3-6,8H2,(H,17,18). The molecule has 0 spiro atoms. The Morgan fingerprint density at radius 3 is 2.95 bits per heavy atom. The normalized spacial score (nSPS) is 16.2. The highest BCUT2D eigenvalue weighted by atomic mass is 32.2. The van der Waals surface area contributed by atoms with E-state index in [-0.39, 0.29) is 11.8 Å². The molecule has 1 fully saturated rings. The van der Waals surface area contributed by atoms with Crippen LogP contribution in [-0.2, 0) is 9.53 Å². The number of aliphatic carboxylic acids is 1. The van der Waals surface area contributed by atoms with Gasteiger partial charge >= 0.3 is 5.97 Å². The predicted octanol–water partition coefficient (Wildman–Crippen LogP) is 2.53. The van der Waals surface area contributed by atoms with E-state index >= 15 is 0 Å². The molecular formula is C13H15N3O3S2. The van der Waals surface area contributed by atoms with Crippen LogP contribution < -0.4 is 0 Å². The molecule has 8 heteroatoms. The van der Waals surface area contributed by atoms with E-state index in [0.29, 0.717) is 5.16 Å². The van der Waals surface area contributed by atoms with E-state index in [0.717, 1.165) is 36.8 Å². The third-order valence-corrected chi connectivity index (χ3v) is 5.08. The quantitative estimate of drug-likeness (QED) is 0.851. The van der Waals surface area contributed by atoms with Crippen molar-refractivity contribution < 1.29 is 14.6 Å². The molecule has 1 saturated heterocycles. The summed E-state index contributed by atoms with van der Waals surface area (Å²) in [4.78, 5) is 11.9. The Bertz CT molecular complexity index is 606. The fourth-order valence-electron chi connectivity index (χ4n) is 2.35. The van der Waals surface area contributed by atoms with E-state index in [1.807, 2.05) is 17.5 Å². The maximum atomic E-state index is 10.8. The van der Waals surface area contributed by atoms with Crippen LogP contribution in [0.5, 0.6) is 0 Å². The molecule has 6 nitrogen and oxygen atoms in total. The number of rotatable bonds is 5. The van der Waals surface area contributed by atoms with E-state index in [4.69, 9.17) is 9.84 Å². The van der Waals surface area contributed by atoms with E-state index in [1.54, 1.807) is 11.3 Å². The summed E-state index contributed by atoms with van der Waals surface area (Å²) in [6, 6.07) is 4.26. The molecule has 1 aliphatic heterocycles. The van der Waals surface area contributed by atoms with Gasteiger partial charge < -0.3 is 9.84 Å². The molecule has 0 aliphatic carbocycles. The predicted molar refractivity (Wildman–Crippen MR) is 80.8 cm³/mol. The number of nitrogens with zero attached hydrogens (tertiary/aromatic N) is 3. The number of hydrogen-bond donors (Lipinski definition) is 1. The highest BCUT2D eigenvalue weighted by Crippen LogP contribution is 2.33. The van der Waals surface area contributed by atoms with Crippen LogP contribution in [0.1, 0.15) is 18.9 Å². The first kappa shape index (κ1) is 14.6. The molecule has 1 aliphatic rings. The molecule has 1 N–H and O–H groups in total. The van der Waals surface area contributed by atoms with Gasteiger partial charge in [-0.15, -0.1) is 21.5 Å². The third-order valence-electron chi connectivity index (χ3n) is 3.29. The van der Waals surface area contributed by atoms with Gasteiger partial charge in [0.25, 0.3) is 0 Å². The minimum atomic E-state index is -0.848. The van der Waals surface area contributed by atoms with Gasteiger partial charge in [0.15, 0.2) is 11.0 Å². The van der Waals surface area contributed by atoms with Crippen molar-refractivity contribution in [3.8, 4) is 10.7 Å². The molecule has 21 heavy (non-hydrogen) atoms. The zero-order valence-corrected chi connectivity index (χ0v) is 12.9. The van der Waals surface area contributed by atoms with Gasteiger partial charge in [0.05, 0.1) is 10.6 Å². The average molecular weight is 325 g/mol. The first-order valence-corrected chi connectivity index (χ1v) is 8.53. The summed E-state index contributed by atoms with van der Waals surface area (Å²) in [5.41, 5.74) is 0. The molecule has 3 rings (SSSR count). The highest BCUT2D eigenvalue weighted by molar-refractivity contribution is 7.99. The van der Waals surface area contributed by atoms with Crippen molar-refractivity contribution in [1.29, 1.82) is 0 Å². The van der Waals surface area contributed by atoms with E-state index in [9.17, 15) is 4.79 Å². The van der Waals surface area contributed by atoms with Crippen molar-refractivity contribution in [1.82, 2.24) is 14.8 Å². The van der Waals surface area contributed by atoms with Crippen LogP contribution in [-0.4, -0.2) is 44.8 Å². The van der Waals surface area contributed by atoms with Crippen LogP contribution in [0.3, 0.4) is 0 Å². The second-order valence-electron chi connectivity index (χ2n) is 4.68. The lowest BCUT2D eigenvalue weighted by Crippen LogP contribution is -2.21. The summed E-state index contributed by atoms with van der Waals surface area (Å²) in [5, 5.41) is 20.0. The minimum absolute atomic E-state index is 0.00814. The number of aromatic nitrogens is 3. The van der Waals surface area contributed by atoms with Gasteiger partial charge in [-0.1, -0.05) is 17.8 Å². The SMILES string of the molecule is O=C(O)CSc1nnc(-c2cccs2)n1C1CCOCC1. The molecule has 2 aromatic rings. The van der Waals surface area contributed by atoms with Crippen molar-refractivity contribution in [2.75, 3.05) is 19.0 Å². The highest BCUT2D eigenvalue weighted by Gasteiger charge is 2.24. The van der Waals surface area contributed by atoms with Gasteiger partial charge in [-0.3, -0.25) is 9.36 Å². The topological polar surface area (TPSA) is 77.2 Å². The maximum absolute atomic E-state index is 10.8. The van der Waals surface area contributed by atoms with Crippen molar-refractivity contribution >= 4 is 29.1 Å². The summed E-state index contributed by atoms with van der Waals surface area (Å²) in [7, 11) is 0. The van der Waals surface area contributed by atoms with Crippen molar-refractivity contribution in [2.45, 2.75) is 24.0 Å².